The van der Waals surface area contributed by atoms with Gasteiger partial charge in [-0.2, -0.15) is 26.3 Å². The van der Waals surface area contributed by atoms with E-state index in [0.717, 1.165) is 25.7 Å². The van der Waals surface area contributed by atoms with Crippen LogP contribution in [-0.4, -0.2) is 25.1 Å². The molecule has 0 aromatic heterocycles. The summed E-state index contributed by atoms with van der Waals surface area (Å²) in [5, 5.41) is 5.74. The molecule has 1 aromatic rings. The molecule has 164 valence electrons. The van der Waals surface area contributed by atoms with Crippen LogP contribution in [0.2, 0.25) is 0 Å². The lowest BCUT2D eigenvalue weighted by atomic mass is 9.94. The standard InChI is InChI=1S/C19H26F6N4/c1-17(2,10-26)11-27-16(28-14-5-3-4-6-14)29-15-8-12(18(20,21)22)7-13(9-15)19(23,24)25/h7-9,14H,3-6,10-11,26H2,1-2H3,(H2,27,28,29). The summed E-state index contributed by atoms with van der Waals surface area (Å²) in [5.74, 6) is 0.144. The predicted molar refractivity (Wildman–Crippen MR) is 101 cm³/mol. The summed E-state index contributed by atoms with van der Waals surface area (Å²) in [5.41, 5.74) is 2.23. The van der Waals surface area contributed by atoms with Gasteiger partial charge >= 0.3 is 12.4 Å². The first-order valence-corrected chi connectivity index (χ1v) is 9.38. The van der Waals surface area contributed by atoms with Crippen LogP contribution in [-0.2, 0) is 12.4 Å². The number of nitrogens with zero attached hydrogens (tertiary/aromatic N) is 1. The average molecular weight is 424 g/mol. The lowest BCUT2D eigenvalue weighted by molar-refractivity contribution is -0.143. The second-order valence-electron chi connectivity index (χ2n) is 8.08. The lowest BCUT2D eigenvalue weighted by Gasteiger charge is -2.23. The van der Waals surface area contributed by atoms with Crippen LogP contribution in [0.5, 0.6) is 0 Å². The first-order chi connectivity index (χ1) is 13.3. The zero-order chi connectivity index (χ0) is 21.9. The van der Waals surface area contributed by atoms with Crippen LogP contribution in [0.1, 0.15) is 50.7 Å². The molecule has 1 fully saturated rings. The second kappa shape index (κ2) is 8.81. The molecule has 0 unspecified atom stereocenters. The van der Waals surface area contributed by atoms with E-state index in [9.17, 15) is 26.3 Å². The Bertz CT molecular complexity index is 686. The third kappa shape index (κ3) is 7.09. The molecule has 29 heavy (non-hydrogen) atoms. The van der Waals surface area contributed by atoms with Crippen LogP contribution in [0.3, 0.4) is 0 Å². The van der Waals surface area contributed by atoms with E-state index < -0.39 is 23.5 Å². The summed E-state index contributed by atoms with van der Waals surface area (Å²) >= 11 is 0. The van der Waals surface area contributed by atoms with Crippen LogP contribution in [0.15, 0.2) is 23.2 Å². The van der Waals surface area contributed by atoms with E-state index in [2.05, 4.69) is 15.6 Å². The minimum Gasteiger partial charge on any atom is -0.353 e. The number of guanidine groups is 1. The highest BCUT2D eigenvalue weighted by Gasteiger charge is 2.37. The fraction of sp³-hybridized carbons (Fsp3) is 0.632. The van der Waals surface area contributed by atoms with E-state index in [0.29, 0.717) is 18.7 Å². The van der Waals surface area contributed by atoms with Crippen molar-refractivity contribution in [3.05, 3.63) is 29.3 Å². The first kappa shape index (κ1) is 23.3. The molecular formula is C19H26F6N4. The molecule has 1 aliphatic carbocycles. The van der Waals surface area contributed by atoms with Gasteiger partial charge in [-0.25, -0.2) is 0 Å². The molecule has 10 heteroatoms. The third-order valence-electron chi connectivity index (χ3n) is 4.76. The van der Waals surface area contributed by atoms with Crippen molar-refractivity contribution in [2.24, 2.45) is 16.1 Å². The van der Waals surface area contributed by atoms with E-state index >= 15 is 0 Å². The Hall–Kier alpha value is -1.97. The zero-order valence-electron chi connectivity index (χ0n) is 16.3. The number of anilines is 1. The van der Waals surface area contributed by atoms with Crippen LogP contribution < -0.4 is 16.4 Å². The van der Waals surface area contributed by atoms with Crippen molar-refractivity contribution < 1.29 is 26.3 Å². The van der Waals surface area contributed by atoms with Crippen molar-refractivity contribution in [3.63, 3.8) is 0 Å². The van der Waals surface area contributed by atoms with Crippen molar-refractivity contribution in [3.8, 4) is 0 Å². The molecule has 2 rings (SSSR count). The molecule has 1 saturated carbocycles. The summed E-state index contributed by atoms with van der Waals surface area (Å²) in [7, 11) is 0. The monoisotopic (exact) mass is 424 g/mol. The normalized spacial score (nSPS) is 16.9. The number of hydrogen-bond donors (Lipinski definition) is 3. The molecule has 1 aliphatic rings. The summed E-state index contributed by atoms with van der Waals surface area (Å²) in [6.07, 6.45) is -6.10. The highest BCUT2D eigenvalue weighted by atomic mass is 19.4. The molecule has 0 radical (unpaired) electrons. The van der Waals surface area contributed by atoms with Gasteiger partial charge in [0, 0.05) is 18.3 Å². The quantitative estimate of drug-likeness (QED) is 0.354. The van der Waals surface area contributed by atoms with Gasteiger partial charge in [0.15, 0.2) is 5.96 Å². The van der Waals surface area contributed by atoms with Gasteiger partial charge in [-0.3, -0.25) is 4.99 Å². The van der Waals surface area contributed by atoms with Crippen LogP contribution in [0.4, 0.5) is 32.0 Å². The Balaban J connectivity index is 2.36. The lowest BCUT2D eigenvalue weighted by Crippen LogP contribution is -2.39. The van der Waals surface area contributed by atoms with Crippen molar-refractivity contribution in [1.82, 2.24) is 5.32 Å². The van der Waals surface area contributed by atoms with Crippen LogP contribution >= 0.6 is 0 Å². The van der Waals surface area contributed by atoms with Gasteiger partial charge in [0.05, 0.1) is 11.1 Å². The first-order valence-electron chi connectivity index (χ1n) is 9.38. The smallest absolute Gasteiger partial charge is 0.353 e. The SMILES string of the molecule is CC(C)(CN)CN=C(Nc1cc(C(F)(F)F)cc(C(F)(F)F)c1)NC1CCCC1. The maximum Gasteiger partial charge on any atom is 0.416 e. The number of benzene rings is 1. The van der Waals surface area contributed by atoms with E-state index in [-0.39, 0.29) is 35.7 Å². The number of rotatable bonds is 5. The van der Waals surface area contributed by atoms with E-state index in [4.69, 9.17) is 5.73 Å². The molecule has 0 heterocycles. The minimum absolute atomic E-state index is 0.0649. The van der Waals surface area contributed by atoms with Gasteiger partial charge < -0.3 is 16.4 Å². The van der Waals surface area contributed by atoms with Crippen molar-refractivity contribution >= 4 is 11.6 Å². The minimum atomic E-state index is -4.91. The summed E-state index contributed by atoms with van der Waals surface area (Å²) in [6, 6.07) is 1.46. The molecule has 1 aromatic carbocycles. The van der Waals surface area contributed by atoms with E-state index in [1.165, 1.54) is 0 Å². The van der Waals surface area contributed by atoms with Gasteiger partial charge in [-0.15, -0.1) is 0 Å². The van der Waals surface area contributed by atoms with E-state index in [1.807, 2.05) is 13.8 Å². The largest absolute Gasteiger partial charge is 0.416 e. The molecule has 0 spiro atoms. The Labute approximate surface area is 165 Å². The van der Waals surface area contributed by atoms with Crippen LogP contribution in [0, 0.1) is 5.41 Å². The fourth-order valence-corrected chi connectivity index (χ4v) is 2.91. The number of alkyl halides is 6. The molecule has 4 nitrogen and oxygen atoms in total. The Morgan fingerprint density at radius 3 is 1.97 bits per heavy atom. The molecule has 0 bridgehead atoms. The third-order valence-corrected chi connectivity index (χ3v) is 4.76. The van der Waals surface area contributed by atoms with E-state index in [1.54, 1.807) is 0 Å². The topological polar surface area (TPSA) is 62.4 Å². The zero-order valence-corrected chi connectivity index (χ0v) is 16.3. The maximum atomic E-state index is 13.1. The second-order valence-corrected chi connectivity index (χ2v) is 8.08. The molecular weight excluding hydrogens is 398 g/mol. The Kier molecular flexibility index (Phi) is 7.08. The molecule has 0 atom stereocenters. The predicted octanol–water partition coefficient (Wildman–Crippen LogP) is 5.01. The number of nitrogens with one attached hydrogen (secondary N) is 2. The van der Waals surface area contributed by atoms with Crippen molar-refractivity contribution in [1.29, 1.82) is 0 Å². The maximum absolute atomic E-state index is 13.1. The van der Waals surface area contributed by atoms with Crippen LogP contribution in [0.25, 0.3) is 0 Å². The van der Waals surface area contributed by atoms with Gasteiger partial charge in [0.1, 0.15) is 0 Å². The molecule has 4 N–H and O–H groups in total. The van der Waals surface area contributed by atoms with Crippen molar-refractivity contribution in [2.45, 2.75) is 57.9 Å². The fourth-order valence-electron chi connectivity index (χ4n) is 2.91. The highest BCUT2D eigenvalue weighted by molar-refractivity contribution is 5.94. The van der Waals surface area contributed by atoms with Gasteiger partial charge in [-0.1, -0.05) is 26.7 Å². The Morgan fingerprint density at radius 2 is 1.52 bits per heavy atom. The molecule has 0 amide bonds. The summed E-state index contributed by atoms with van der Waals surface area (Å²) < 4.78 is 78.6. The number of nitrogens with two attached hydrogens (primary N) is 1. The van der Waals surface area contributed by atoms with Gasteiger partial charge in [0.25, 0.3) is 0 Å². The average Bonchev–Trinajstić information content (AvgIpc) is 3.11. The molecule has 0 saturated heterocycles. The highest BCUT2D eigenvalue weighted by Crippen LogP contribution is 2.37. The van der Waals surface area contributed by atoms with Gasteiger partial charge in [0.2, 0.25) is 0 Å². The number of hydrogen-bond acceptors (Lipinski definition) is 2. The number of aliphatic imine (C=N–C) groups is 1. The van der Waals surface area contributed by atoms with Crippen molar-refractivity contribution in [2.75, 3.05) is 18.4 Å². The summed E-state index contributed by atoms with van der Waals surface area (Å²) in [4.78, 5) is 4.36. The Morgan fingerprint density at radius 1 is 1.00 bits per heavy atom. The molecule has 0 aliphatic heterocycles. The summed E-state index contributed by atoms with van der Waals surface area (Å²) in [6.45, 7) is 4.33. The van der Waals surface area contributed by atoms with Gasteiger partial charge in [-0.05, 0) is 43.0 Å². The number of halogens is 6.